The third-order valence-corrected chi connectivity index (χ3v) is 3.14. The SMILES string of the molecule is Cc1cc(=O)n2[nH]c(C)c(I)c2n1. The second-order valence-corrected chi connectivity index (χ2v) is 4.02. The number of aromatic nitrogens is 3. The maximum absolute atomic E-state index is 11.5. The van der Waals surface area contributed by atoms with Gasteiger partial charge in [0.1, 0.15) is 0 Å². The van der Waals surface area contributed by atoms with Crippen LogP contribution in [0, 0.1) is 17.4 Å². The van der Waals surface area contributed by atoms with Gasteiger partial charge in [0.05, 0.1) is 3.57 Å². The first-order chi connectivity index (χ1) is 6.09. The highest BCUT2D eigenvalue weighted by atomic mass is 127. The van der Waals surface area contributed by atoms with Crippen LogP contribution in [0.15, 0.2) is 10.9 Å². The first kappa shape index (κ1) is 8.74. The van der Waals surface area contributed by atoms with Gasteiger partial charge < -0.3 is 0 Å². The molecule has 13 heavy (non-hydrogen) atoms. The van der Waals surface area contributed by atoms with Crippen molar-refractivity contribution in [3.8, 4) is 0 Å². The Hall–Kier alpha value is -0.850. The van der Waals surface area contributed by atoms with E-state index in [0.717, 1.165) is 15.0 Å². The van der Waals surface area contributed by atoms with Gasteiger partial charge in [-0.15, -0.1) is 0 Å². The van der Waals surface area contributed by atoms with Crippen LogP contribution in [0.1, 0.15) is 11.4 Å². The number of nitrogens with zero attached hydrogens (tertiary/aromatic N) is 2. The summed E-state index contributed by atoms with van der Waals surface area (Å²) < 4.78 is 2.46. The average molecular weight is 289 g/mol. The van der Waals surface area contributed by atoms with Crippen LogP contribution in [0.25, 0.3) is 5.65 Å². The third-order valence-electron chi connectivity index (χ3n) is 1.85. The van der Waals surface area contributed by atoms with Crippen molar-refractivity contribution in [2.24, 2.45) is 0 Å². The van der Waals surface area contributed by atoms with Crippen molar-refractivity contribution in [2.75, 3.05) is 0 Å². The Balaban J connectivity index is 3.03. The van der Waals surface area contributed by atoms with E-state index in [1.807, 2.05) is 13.8 Å². The summed E-state index contributed by atoms with van der Waals surface area (Å²) >= 11 is 2.18. The fourth-order valence-corrected chi connectivity index (χ4v) is 1.72. The molecule has 0 spiro atoms. The van der Waals surface area contributed by atoms with Crippen molar-refractivity contribution in [1.82, 2.24) is 14.6 Å². The second kappa shape index (κ2) is 2.83. The van der Waals surface area contributed by atoms with Gasteiger partial charge >= 0.3 is 0 Å². The Morgan fingerprint density at radius 1 is 1.54 bits per heavy atom. The number of hydrogen-bond donors (Lipinski definition) is 1. The highest BCUT2D eigenvalue weighted by Crippen LogP contribution is 2.13. The molecule has 0 unspecified atom stereocenters. The van der Waals surface area contributed by atoms with Crippen molar-refractivity contribution < 1.29 is 0 Å². The van der Waals surface area contributed by atoms with Crippen LogP contribution in [-0.2, 0) is 0 Å². The summed E-state index contributed by atoms with van der Waals surface area (Å²) in [5.41, 5.74) is 2.37. The fourth-order valence-electron chi connectivity index (χ4n) is 1.24. The van der Waals surface area contributed by atoms with Gasteiger partial charge in [-0.1, -0.05) is 0 Å². The van der Waals surface area contributed by atoms with Crippen LogP contribution in [0.3, 0.4) is 0 Å². The first-order valence-corrected chi connectivity index (χ1v) is 4.92. The molecule has 0 aliphatic heterocycles. The van der Waals surface area contributed by atoms with Crippen LogP contribution in [-0.4, -0.2) is 14.6 Å². The summed E-state index contributed by atoms with van der Waals surface area (Å²) in [7, 11) is 0. The van der Waals surface area contributed by atoms with E-state index in [9.17, 15) is 4.79 Å². The van der Waals surface area contributed by atoms with Gasteiger partial charge in [-0.05, 0) is 36.4 Å². The first-order valence-electron chi connectivity index (χ1n) is 3.84. The largest absolute Gasteiger partial charge is 0.293 e. The molecule has 5 heteroatoms. The van der Waals surface area contributed by atoms with Crippen LogP contribution >= 0.6 is 22.6 Å². The zero-order valence-corrected chi connectivity index (χ0v) is 9.42. The summed E-state index contributed by atoms with van der Waals surface area (Å²) in [4.78, 5) is 15.7. The second-order valence-electron chi connectivity index (χ2n) is 2.95. The van der Waals surface area contributed by atoms with Gasteiger partial charge in [-0.25, -0.2) is 9.50 Å². The van der Waals surface area contributed by atoms with Crippen molar-refractivity contribution in [2.45, 2.75) is 13.8 Å². The van der Waals surface area contributed by atoms with Crippen molar-refractivity contribution in [3.63, 3.8) is 0 Å². The van der Waals surface area contributed by atoms with Crippen LogP contribution < -0.4 is 5.56 Å². The van der Waals surface area contributed by atoms with E-state index in [1.165, 1.54) is 10.6 Å². The maximum Gasteiger partial charge on any atom is 0.272 e. The van der Waals surface area contributed by atoms with Gasteiger partial charge in [0.25, 0.3) is 5.56 Å². The van der Waals surface area contributed by atoms with Crippen molar-refractivity contribution in [1.29, 1.82) is 0 Å². The number of H-pyrrole nitrogens is 1. The molecule has 2 rings (SSSR count). The minimum Gasteiger partial charge on any atom is -0.293 e. The van der Waals surface area contributed by atoms with Gasteiger partial charge in [-0.3, -0.25) is 9.89 Å². The summed E-state index contributed by atoms with van der Waals surface area (Å²) in [5.74, 6) is 0. The predicted molar refractivity (Wildman–Crippen MR) is 58.0 cm³/mol. The van der Waals surface area contributed by atoms with E-state index < -0.39 is 0 Å². The molecular weight excluding hydrogens is 281 g/mol. The van der Waals surface area contributed by atoms with Gasteiger partial charge in [0.2, 0.25) is 0 Å². The topological polar surface area (TPSA) is 50.2 Å². The summed E-state index contributed by atoms with van der Waals surface area (Å²) in [6.07, 6.45) is 0. The molecule has 2 heterocycles. The number of fused-ring (bicyclic) bond motifs is 1. The highest BCUT2D eigenvalue weighted by Gasteiger charge is 2.08. The Kier molecular flexibility index (Phi) is 1.90. The van der Waals surface area contributed by atoms with Gasteiger partial charge in [0, 0.05) is 17.5 Å². The Morgan fingerprint density at radius 3 is 2.92 bits per heavy atom. The Morgan fingerprint density at radius 2 is 2.23 bits per heavy atom. The molecule has 0 saturated carbocycles. The van der Waals surface area contributed by atoms with E-state index in [0.29, 0.717) is 5.65 Å². The molecule has 0 aromatic carbocycles. The lowest BCUT2D eigenvalue weighted by Gasteiger charge is -1.93. The number of rotatable bonds is 0. The lowest BCUT2D eigenvalue weighted by Crippen LogP contribution is -2.14. The van der Waals surface area contributed by atoms with Crippen LogP contribution in [0.2, 0.25) is 0 Å². The molecule has 0 fully saturated rings. The third kappa shape index (κ3) is 1.27. The lowest BCUT2D eigenvalue weighted by molar-refractivity contribution is 0.873. The predicted octanol–water partition coefficient (Wildman–Crippen LogP) is 1.24. The van der Waals surface area contributed by atoms with Crippen molar-refractivity contribution in [3.05, 3.63) is 31.4 Å². The highest BCUT2D eigenvalue weighted by molar-refractivity contribution is 14.1. The number of aromatic amines is 1. The molecule has 2 aromatic heterocycles. The standard InChI is InChI=1S/C8H8IN3O/c1-4-3-6(13)12-8(10-4)7(9)5(2)11-12/h3,11H,1-2H3. The molecule has 2 aromatic rings. The molecular formula is C8H8IN3O. The molecule has 0 radical (unpaired) electrons. The number of aryl methyl sites for hydroxylation is 2. The number of hydrogen-bond acceptors (Lipinski definition) is 2. The molecule has 1 N–H and O–H groups in total. The lowest BCUT2D eigenvalue weighted by atomic mass is 10.4. The minimum atomic E-state index is -0.0616. The molecule has 0 aliphatic carbocycles. The summed E-state index contributed by atoms with van der Waals surface area (Å²) in [6.45, 7) is 3.74. The Bertz CT molecular complexity index is 526. The summed E-state index contributed by atoms with van der Waals surface area (Å²) in [5, 5.41) is 2.96. The Labute approximate surface area is 88.1 Å². The van der Waals surface area contributed by atoms with Crippen LogP contribution in [0.4, 0.5) is 0 Å². The zero-order valence-electron chi connectivity index (χ0n) is 7.26. The van der Waals surface area contributed by atoms with Gasteiger partial charge in [-0.2, -0.15) is 0 Å². The summed E-state index contributed by atoms with van der Waals surface area (Å²) in [6, 6.07) is 1.51. The molecule has 68 valence electrons. The molecule has 0 bridgehead atoms. The van der Waals surface area contributed by atoms with Crippen LogP contribution in [0.5, 0.6) is 0 Å². The van der Waals surface area contributed by atoms with E-state index in [-0.39, 0.29) is 5.56 Å². The number of nitrogens with one attached hydrogen (secondary N) is 1. The molecule has 0 amide bonds. The fraction of sp³-hybridized carbons (Fsp3) is 0.250. The molecule has 4 nitrogen and oxygen atoms in total. The normalized spacial score (nSPS) is 11.0. The quantitative estimate of drug-likeness (QED) is 0.742. The minimum absolute atomic E-state index is 0.0616. The molecule has 0 saturated heterocycles. The van der Waals surface area contributed by atoms with Crippen molar-refractivity contribution >= 4 is 28.2 Å². The zero-order chi connectivity index (χ0) is 9.59. The smallest absolute Gasteiger partial charge is 0.272 e. The van der Waals surface area contributed by atoms with E-state index >= 15 is 0 Å². The van der Waals surface area contributed by atoms with E-state index in [2.05, 4.69) is 32.7 Å². The van der Waals surface area contributed by atoms with E-state index in [4.69, 9.17) is 0 Å². The average Bonchev–Trinajstić information content (AvgIpc) is 2.32. The molecule has 0 aliphatic rings. The number of halogens is 1. The maximum atomic E-state index is 11.5. The van der Waals surface area contributed by atoms with Gasteiger partial charge in [0.15, 0.2) is 5.65 Å². The van der Waals surface area contributed by atoms with E-state index in [1.54, 1.807) is 0 Å². The molecule has 0 atom stereocenters. The monoisotopic (exact) mass is 289 g/mol.